The molecule has 0 unspecified atom stereocenters. The fourth-order valence-corrected chi connectivity index (χ4v) is 0.382. The highest BCUT2D eigenvalue weighted by atomic mass is 16.7. The summed E-state index contributed by atoms with van der Waals surface area (Å²) in [6, 6.07) is 0. The highest BCUT2D eigenvalue weighted by Gasteiger charge is 2.01. The molecule has 0 spiro atoms. The van der Waals surface area contributed by atoms with Gasteiger partial charge in [0.25, 0.3) is 0 Å². The van der Waals surface area contributed by atoms with Crippen molar-refractivity contribution < 1.29 is 23.7 Å². The van der Waals surface area contributed by atoms with Crippen LogP contribution in [0.25, 0.3) is 0 Å². The molecule has 0 amide bonds. The maximum absolute atomic E-state index is 10.4. The summed E-state index contributed by atoms with van der Waals surface area (Å²) in [4.78, 5) is 10.4. The molecule has 0 atom stereocenters. The molecule has 0 saturated heterocycles. The zero-order chi connectivity index (χ0) is 9.40. The van der Waals surface area contributed by atoms with Crippen LogP contribution < -0.4 is 0 Å². The number of methoxy groups -OCH3 is 2. The molecule has 12 heavy (non-hydrogen) atoms. The van der Waals surface area contributed by atoms with E-state index in [0.29, 0.717) is 5.76 Å². The molecule has 0 fully saturated rings. The van der Waals surface area contributed by atoms with Gasteiger partial charge in [0.15, 0.2) is 13.4 Å². The van der Waals surface area contributed by atoms with Crippen molar-refractivity contribution in [3.8, 4) is 0 Å². The fraction of sp³-hybridized carbons (Fsp3) is 0.571. The predicted molar refractivity (Wildman–Crippen MR) is 40.5 cm³/mol. The molecule has 0 aromatic rings. The van der Waals surface area contributed by atoms with Gasteiger partial charge in [-0.15, -0.1) is 0 Å². The smallest absolute Gasteiger partial charge is 0.469 e. The lowest BCUT2D eigenvalue weighted by atomic mass is 10.6. The Bertz CT molecular complexity index is 154. The van der Waals surface area contributed by atoms with Crippen molar-refractivity contribution in [1.29, 1.82) is 0 Å². The van der Waals surface area contributed by atoms with Gasteiger partial charge in [-0.05, 0) is 0 Å². The molecule has 0 aromatic heterocycles. The van der Waals surface area contributed by atoms with Crippen molar-refractivity contribution in [2.45, 2.75) is 0 Å². The third-order valence-corrected chi connectivity index (χ3v) is 0.899. The van der Waals surface area contributed by atoms with E-state index >= 15 is 0 Å². The van der Waals surface area contributed by atoms with Crippen LogP contribution in [0.1, 0.15) is 0 Å². The van der Waals surface area contributed by atoms with Crippen molar-refractivity contribution in [3.05, 3.63) is 12.3 Å². The molecular weight excluding hydrogens is 164 g/mol. The third kappa shape index (κ3) is 5.55. The Hall–Kier alpha value is -1.23. The SMILES string of the molecule is C=C(COC(=O)OC)OCOC. The zero-order valence-corrected chi connectivity index (χ0v) is 7.16. The number of hydrogen-bond donors (Lipinski definition) is 0. The van der Waals surface area contributed by atoms with Crippen molar-refractivity contribution >= 4 is 6.16 Å². The average molecular weight is 176 g/mol. The fourth-order valence-electron chi connectivity index (χ4n) is 0.382. The average Bonchev–Trinajstić information content (AvgIpc) is 2.10. The zero-order valence-electron chi connectivity index (χ0n) is 7.16. The van der Waals surface area contributed by atoms with E-state index in [4.69, 9.17) is 4.74 Å². The Morgan fingerprint density at radius 1 is 1.33 bits per heavy atom. The Morgan fingerprint density at radius 2 is 2.00 bits per heavy atom. The van der Waals surface area contributed by atoms with Crippen LogP contribution in [-0.4, -0.2) is 33.8 Å². The van der Waals surface area contributed by atoms with Crippen molar-refractivity contribution in [2.75, 3.05) is 27.6 Å². The number of hydrogen-bond acceptors (Lipinski definition) is 5. The van der Waals surface area contributed by atoms with Crippen LogP contribution in [0.5, 0.6) is 0 Å². The lowest BCUT2D eigenvalue weighted by Gasteiger charge is -2.07. The van der Waals surface area contributed by atoms with Gasteiger partial charge in [-0.25, -0.2) is 4.79 Å². The quantitative estimate of drug-likeness (QED) is 0.354. The Balaban J connectivity index is 3.37. The van der Waals surface area contributed by atoms with E-state index in [2.05, 4.69) is 20.8 Å². The predicted octanol–water partition coefficient (Wildman–Crippen LogP) is 0.904. The van der Waals surface area contributed by atoms with Gasteiger partial charge < -0.3 is 18.9 Å². The molecule has 0 heterocycles. The van der Waals surface area contributed by atoms with Crippen LogP contribution in [-0.2, 0) is 18.9 Å². The van der Waals surface area contributed by atoms with Crippen molar-refractivity contribution in [1.82, 2.24) is 0 Å². The maximum atomic E-state index is 10.4. The second-order valence-electron chi connectivity index (χ2n) is 1.83. The highest BCUT2D eigenvalue weighted by molar-refractivity contribution is 5.59. The van der Waals surface area contributed by atoms with E-state index in [9.17, 15) is 4.79 Å². The summed E-state index contributed by atoms with van der Waals surface area (Å²) >= 11 is 0. The lowest BCUT2D eigenvalue weighted by molar-refractivity contribution is -0.0105. The summed E-state index contributed by atoms with van der Waals surface area (Å²) in [7, 11) is 2.70. The molecule has 0 aliphatic rings. The van der Waals surface area contributed by atoms with Gasteiger partial charge in [0.05, 0.1) is 7.11 Å². The van der Waals surface area contributed by atoms with E-state index in [1.807, 2.05) is 0 Å². The summed E-state index contributed by atoms with van der Waals surface area (Å²) < 4.78 is 18.2. The first-order chi connectivity index (χ1) is 5.70. The first kappa shape index (κ1) is 10.8. The van der Waals surface area contributed by atoms with E-state index < -0.39 is 6.16 Å². The molecule has 0 bridgehead atoms. The number of carbonyl (C=O) groups excluding carboxylic acids is 1. The molecule has 0 rings (SSSR count). The van der Waals surface area contributed by atoms with Crippen LogP contribution in [0.3, 0.4) is 0 Å². The van der Waals surface area contributed by atoms with Crippen LogP contribution in [0.15, 0.2) is 12.3 Å². The third-order valence-electron chi connectivity index (χ3n) is 0.899. The van der Waals surface area contributed by atoms with E-state index in [1.165, 1.54) is 14.2 Å². The Kier molecular flexibility index (Phi) is 5.81. The highest BCUT2D eigenvalue weighted by Crippen LogP contribution is 1.95. The van der Waals surface area contributed by atoms with Gasteiger partial charge in [0, 0.05) is 7.11 Å². The summed E-state index contributed by atoms with van der Waals surface area (Å²) in [6.07, 6.45) is -0.767. The molecule has 5 heteroatoms. The number of ether oxygens (including phenoxy) is 4. The number of carbonyl (C=O) groups is 1. The molecule has 0 radical (unpaired) electrons. The Morgan fingerprint density at radius 3 is 2.50 bits per heavy atom. The minimum atomic E-state index is -0.767. The monoisotopic (exact) mass is 176 g/mol. The minimum absolute atomic E-state index is 0.0317. The largest absolute Gasteiger partial charge is 0.508 e. The Labute approximate surface area is 70.9 Å². The molecule has 0 saturated carbocycles. The van der Waals surface area contributed by atoms with Gasteiger partial charge >= 0.3 is 6.16 Å². The normalized spacial score (nSPS) is 8.83. The van der Waals surface area contributed by atoms with Gasteiger partial charge in [0.1, 0.15) is 5.76 Å². The molecule has 0 N–H and O–H groups in total. The summed E-state index contributed by atoms with van der Waals surface area (Å²) in [5.74, 6) is 0.308. The van der Waals surface area contributed by atoms with E-state index in [1.54, 1.807) is 0 Å². The maximum Gasteiger partial charge on any atom is 0.508 e. The second kappa shape index (κ2) is 6.48. The van der Waals surface area contributed by atoms with Crippen LogP contribution in [0.2, 0.25) is 0 Å². The lowest BCUT2D eigenvalue weighted by Crippen LogP contribution is -2.09. The molecule has 0 aliphatic carbocycles. The van der Waals surface area contributed by atoms with E-state index in [0.717, 1.165) is 0 Å². The first-order valence-electron chi connectivity index (χ1n) is 3.21. The van der Waals surface area contributed by atoms with Gasteiger partial charge in [-0.1, -0.05) is 6.58 Å². The molecule has 5 nitrogen and oxygen atoms in total. The van der Waals surface area contributed by atoms with Gasteiger partial charge in [-0.3, -0.25) is 0 Å². The summed E-state index contributed by atoms with van der Waals surface area (Å²) in [5, 5.41) is 0. The number of rotatable bonds is 5. The molecule has 0 aliphatic heterocycles. The topological polar surface area (TPSA) is 54.0 Å². The van der Waals surface area contributed by atoms with Crippen LogP contribution in [0, 0.1) is 0 Å². The summed E-state index contributed by atoms with van der Waals surface area (Å²) in [6.45, 7) is 3.52. The standard InChI is InChI=1S/C7H12O5/c1-6(12-5-9-2)4-11-7(8)10-3/h1,4-5H2,2-3H3. The molecule has 0 aromatic carbocycles. The molecule has 70 valence electrons. The summed E-state index contributed by atoms with van der Waals surface area (Å²) in [5.41, 5.74) is 0. The molecular formula is C7H12O5. The van der Waals surface area contributed by atoms with E-state index in [-0.39, 0.29) is 13.4 Å². The van der Waals surface area contributed by atoms with Crippen LogP contribution in [0.4, 0.5) is 4.79 Å². The minimum Gasteiger partial charge on any atom is -0.469 e. The van der Waals surface area contributed by atoms with Crippen molar-refractivity contribution in [3.63, 3.8) is 0 Å². The first-order valence-corrected chi connectivity index (χ1v) is 3.21. The second-order valence-corrected chi connectivity index (χ2v) is 1.83. The van der Waals surface area contributed by atoms with Gasteiger partial charge in [0.2, 0.25) is 0 Å². The van der Waals surface area contributed by atoms with Crippen LogP contribution >= 0.6 is 0 Å². The van der Waals surface area contributed by atoms with Crippen molar-refractivity contribution in [2.24, 2.45) is 0 Å². The van der Waals surface area contributed by atoms with Gasteiger partial charge in [-0.2, -0.15) is 0 Å².